The van der Waals surface area contributed by atoms with Crippen molar-refractivity contribution in [1.29, 1.82) is 0 Å². The van der Waals surface area contributed by atoms with Crippen LogP contribution in [0.2, 0.25) is 0 Å². The molecular weight excluding hydrogens is 702 g/mol. The fourth-order valence-corrected chi connectivity index (χ4v) is 6.65. The number of aromatic amines is 1. The van der Waals surface area contributed by atoms with Crippen molar-refractivity contribution in [2.45, 2.75) is 13.2 Å². The summed E-state index contributed by atoms with van der Waals surface area (Å²) in [6.45, 7) is -0.872. The van der Waals surface area contributed by atoms with E-state index >= 15 is 0 Å². The molecule has 1 heterocycles. The fraction of sp³-hybridized carbons (Fsp3) is 0.0588. The molecule has 0 bridgehead atoms. The lowest BCUT2D eigenvalue weighted by Gasteiger charge is -2.12. The highest BCUT2D eigenvalue weighted by atomic mass is 31.2. The summed E-state index contributed by atoms with van der Waals surface area (Å²) in [4.78, 5) is 60.9. The van der Waals surface area contributed by atoms with Gasteiger partial charge < -0.3 is 23.8 Å². The molecule has 0 aliphatic heterocycles. The minimum absolute atomic E-state index is 0.0104. The number of benzene rings is 4. The molecule has 1 aromatic heterocycles. The van der Waals surface area contributed by atoms with Crippen LogP contribution in [-0.4, -0.2) is 29.6 Å². The molecule has 5 rings (SSSR count). The van der Waals surface area contributed by atoms with Crippen LogP contribution in [0, 0.1) is 20.2 Å². The van der Waals surface area contributed by atoms with Gasteiger partial charge in [-0.05, 0) is 65.7 Å². The number of hydrogen-bond acceptors (Lipinski definition) is 10. The summed E-state index contributed by atoms with van der Waals surface area (Å²) in [6, 6.07) is 25.0. The van der Waals surface area contributed by atoms with Crippen LogP contribution in [0.15, 0.2) is 108 Å². The first-order valence-electron chi connectivity index (χ1n) is 14.9. The van der Waals surface area contributed by atoms with Crippen molar-refractivity contribution in [3.05, 3.63) is 167 Å². The van der Waals surface area contributed by atoms with Crippen LogP contribution in [0.4, 0.5) is 11.4 Å². The minimum Gasteiger partial charge on any atom is -0.321 e. The maximum atomic E-state index is 12.8. The lowest BCUT2D eigenvalue weighted by atomic mass is 10.1. The SMILES string of the molecule is O=c1nc(/C=C/c2ccc(P(=O)(O)OCc3ccccc3[N+](=O)[O-])cc2)cc(/C=C/c2ccc(P(=O)(O)OCc3ccccc3[N+](=O)[O-])cc2)[nH]1. The fourth-order valence-electron chi connectivity index (χ4n) is 4.67. The number of nitrogens with zero attached hydrogens (tertiary/aromatic N) is 3. The summed E-state index contributed by atoms with van der Waals surface area (Å²) >= 11 is 0. The number of para-hydroxylation sites is 2. The van der Waals surface area contributed by atoms with Crippen LogP contribution in [0.3, 0.4) is 0 Å². The number of H-pyrrole nitrogens is 1. The maximum absolute atomic E-state index is 12.8. The van der Waals surface area contributed by atoms with Gasteiger partial charge in [0.05, 0.1) is 50.5 Å². The van der Waals surface area contributed by atoms with E-state index in [1.165, 1.54) is 60.7 Å². The third kappa shape index (κ3) is 9.74. The monoisotopic (exact) mass is 730 g/mol. The van der Waals surface area contributed by atoms with E-state index in [9.17, 15) is 43.9 Å². The van der Waals surface area contributed by atoms with Gasteiger partial charge in [0.15, 0.2) is 0 Å². The van der Waals surface area contributed by atoms with Crippen LogP contribution < -0.4 is 16.3 Å². The van der Waals surface area contributed by atoms with Crippen molar-refractivity contribution < 1.29 is 37.8 Å². The van der Waals surface area contributed by atoms with Crippen molar-refractivity contribution >= 4 is 61.5 Å². The molecule has 0 aliphatic rings. The van der Waals surface area contributed by atoms with E-state index in [1.807, 2.05) is 0 Å². The van der Waals surface area contributed by atoms with E-state index in [-0.39, 0.29) is 33.1 Å². The lowest BCUT2D eigenvalue weighted by Crippen LogP contribution is -2.12. The third-order valence-corrected chi connectivity index (χ3v) is 10.2. The molecule has 0 saturated heterocycles. The average Bonchev–Trinajstić information content (AvgIpc) is 3.12. The Morgan fingerprint density at radius 3 is 1.55 bits per heavy atom. The van der Waals surface area contributed by atoms with E-state index < -0.39 is 43.9 Å². The Labute approximate surface area is 289 Å². The van der Waals surface area contributed by atoms with Crippen LogP contribution in [-0.2, 0) is 31.4 Å². The maximum Gasteiger partial charge on any atom is 0.359 e. The van der Waals surface area contributed by atoms with E-state index in [0.29, 0.717) is 22.5 Å². The first-order chi connectivity index (χ1) is 24.3. The molecular formula is C34H28N4O11P2. The highest BCUT2D eigenvalue weighted by molar-refractivity contribution is 7.61. The predicted octanol–water partition coefficient (Wildman–Crippen LogP) is 5.98. The summed E-state index contributed by atoms with van der Waals surface area (Å²) in [5, 5.41) is 22.4. The normalized spacial score (nSPS) is 13.9. The molecule has 0 radical (unpaired) electrons. The number of nitrogens with one attached hydrogen (secondary N) is 1. The molecule has 2 unspecified atom stereocenters. The number of hydrogen-bond donors (Lipinski definition) is 3. The van der Waals surface area contributed by atoms with E-state index in [1.54, 1.807) is 66.8 Å². The van der Waals surface area contributed by atoms with Gasteiger partial charge in [-0.25, -0.2) is 4.79 Å². The van der Waals surface area contributed by atoms with Gasteiger partial charge in [0.2, 0.25) is 0 Å². The number of nitro groups is 2. The highest BCUT2D eigenvalue weighted by Crippen LogP contribution is 2.43. The molecule has 260 valence electrons. The van der Waals surface area contributed by atoms with Crippen molar-refractivity contribution in [3.8, 4) is 0 Å². The van der Waals surface area contributed by atoms with Gasteiger partial charge in [-0.2, -0.15) is 4.98 Å². The zero-order chi connectivity index (χ0) is 36.6. The Hall–Kier alpha value is -5.66. The summed E-state index contributed by atoms with van der Waals surface area (Å²) < 4.78 is 36.0. The van der Waals surface area contributed by atoms with E-state index in [0.717, 1.165) is 0 Å². The molecule has 5 aromatic rings. The first-order valence-corrected chi connectivity index (χ1v) is 18.0. The predicted molar refractivity (Wildman–Crippen MR) is 190 cm³/mol. The highest BCUT2D eigenvalue weighted by Gasteiger charge is 2.26. The molecule has 15 nitrogen and oxygen atoms in total. The minimum atomic E-state index is -4.30. The molecule has 2 atom stereocenters. The molecule has 0 spiro atoms. The molecule has 17 heteroatoms. The van der Waals surface area contributed by atoms with Gasteiger partial charge in [-0.15, -0.1) is 0 Å². The van der Waals surface area contributed by atoms with E-state index in [2.05, 4.69) is 9.97 Å². The van der Waals surface area contributed by atoms with Crippen LogP contribution in [0.25, 0.3) is 24.3 Å². The zero-order valence-electron chi connectivity index (χ0n) is 26.3. The number of rotatable bonds is 14. The van der Waals surface area contributed by atoms with Crippen LogP contribution in [0.5, 0.6) is 0 Å². The molecule has 0 aliphatic carbocycles. The second kappa shape index (κ2) is 15.9. The van der Waals surface area contributed by atoms with Crippen molar-refractivity contribution in [2.75, 3.05) is 0 Å². The first kappa shape index (κ1) is 36.6. The van der Waals surface area contributed by atoms with Crippen molar-refractivity contribution in [3.63, 3.8) is 0 Å². The van der Waals surface area contributed by atoms with Gasteiger partial charge in [0.1, 0.15) is 0 Å². The Bertz CT molecular complexity index is 2130. The summed E-state index contributed by atoms with van der Waals surface area (Å²) in [6.07, 6.45) is 6.47. The second-order valence-corrected chi connectivity index (χ2v) is 14.4. The Morgan fingerprint density at radius 1 is 0.667 bits per heavy atom. The Morgan fingerprint density at radius 2 is 1.10 bits per heavy atom. The smallest absolute Gasteiger partial charge is 0.321 e. The molecule has 0 amide bonds. The van der Waals surface area contributed by atoms with Crippen molar-refractivity contribution in [1.82, 2.24) is 9.97 Å². The third-order valence-electron chi connectivity index (χ3n) is 7.29. The standard InChI is InChI=1S/C34H28N4O11P2/c39-34-35-28(15-9-24-11-17-30(18-12-24)50(44,45)48-22-26-5-1-3-7-32(26)37(40)41)21-29(36-34)16-10-25-13-19-31(20-14-25)51(46,47)49-23-27-6-2-4-8-33(27)38(42)43/h1-21H,22-23H2,(H,44,45)(H,46,47)(H,35,36,39)/b15-9+,16-10+. The van der Waals surface area contributed by atoms with Gasteiger partial charge in [0.25, 0.3) is 11.4 Å². The van der Waals surface area contributed by atoms with Gasteiger partial charge in [0, 0.05) is 17.8 Å². The summed E-state index contributed by atoms with van der Waals surface area (Å²) in [5.74, 6) is 0. The number of nitro benzene ring substituents is 2. The molecule has 4 aromatic carbocycles. The van der Waals surface area contributed by atoms with E-state index in [4.69, 9.17) is 9.05 Å². The second-order valence-electron chi connectivity index (χ2n) is 10.8. The van der Waals surface area contributed by atoms with Crippen LogP contribution >= 0.6 is 15.2 Å². The Balaban J connectivity index is 1.21. The topological polar surface area (TPSA) is 225 Å². The van der Waals surface area contributed by atoms with Gasteiger partial charge >= 0.3 is 20.9 Å². The molecule has 3 N–H and O–H groups in total. The molecule has 51 heavy (non-hydrogen) atoms. The van der Waals surface area contributed by atoms with Gasteiger partial charge in [-0.3, -0.25) is 29.4 Å². The zero-order valence-corrected chi connectivity index (χ0v) is 28.1. The largest absolute Gasteiger partial charge is 0.359 e. The molecule has 0 fully saturated rings. The van der Waals surface area contributed by atoms with Gasteiger partial charge in [-0.1, -0.05) is 60.7 Å². The molecule has 0 saturated carbocycles. The van der Waals surface area contributed by atoms with Crippen molar-refractivity contribution in [2.24, 2.45) is 0 Å². The lowest BCUT2D eigenvalue weighted by molar-refractivity contribution is -0.386. The quantitative estimate of drug-likeness (QED) is 0.0681. The average molecular weight is 731 g/mol. The van der Waals surface area contributed by atoms with Crippen LogP contribution in [0.1, 0.15) is 33.6 Å². The Kier molecular flexibility index (Phi) is 11.4. The summed E-state index contributed by atoms with van der Waals surface area (Å²) in [5.41, 5.74) is 1.22. The number of aromatic nitrogens is 2. The summed E-state index contributed by atoms with van der Waals surface area (Å²) in [7, 11) is -8.60.